The van der Waals surface area contributed by atoms with Crippen LogP contribution in [0.4, 0.5) is 0 Å². The molecule has 1 heterocycles. The summed E-state index contributed by atoms with van der Waals surface area (Å²) in [5, 5.41) is 3.38. The van der Waals surface area contributed by atoms with E-state index in [1.807, 2.05) is 25.1 Å². The number of carbonyl (C=O) groups excluding carboxylic acids is 1. The van der Waals surface area contributed by atoms with Crippen LogP contribution in [0.3, 0.4) is 0 Å². The summed E-state index contributed by atoms with van der Waals surface area (Å²) in [6.07, 6.45) is 1.56. The smallest absolute Gasteiger partial charge is 0.268 e. The molecular formula is C15H17ClN2O3. The van der Waals surface area contributed by atoms with Gasteiger partial charge in [0.2, 0.25) is 0 Å². The zero-order valence-corrected chi connectivity index (χ0v) is 12.8. The van der Waals surface area contributed by atoms with Gasteiger partial charge < -0.3 is 19.8 Å². The monoisotopic (exact) mass is 308 g/mol. The second-order valence-electron chi connectivity index (χ2n) is 4.53. The van der Waals surface area contributed by atoms with Crippen molar-refractivity contribution in [3.05, 3.63) is 46.7 Å². The summed E-state index contributed by atoms with van der Waals surface area (Å²) in [6, 6.07) is 6.78. The number of aromatic nitrogens is 1. The van der Waals surface area contributed by atoms with Crippen molar-refractivity contribution in [2.24, 2.45) is 0 Å². The van der Waals surface area contributed by atoms with E-state index in [1.165, 1.54) is 0 Å². The van der Waals surface area contributed by atoms with Crippen molar-refractivity contribution in [3.63, 3.8) is 0 Å². The molecule has 0 saturated heterocycles. The molecule has 0 aliphatic rings. The van der Waals surface area contributed by atoms with Gasteiger partial charge in [-0.1, -0.05) is 11.6 Å². The molecule has 1 atom stereocenters. The minimum Gasteiger partial charge on any atom is -0.497 e. The Bertz CT molecular complexity index is 640. The zero-order chi connectivity index (χ0) is 15.4. The van der Waals surface area contributed by atoms with Gasteiger partial charge in [-0.3, -0.25) is 4.79 Å². The average molecular weight is 309 g/mol. The largest absolute Gasteiger partial charge is 0.497 e. The molecule has 5 nitrogen and oxygen atoms in total. The molecule has 112 valence electrons. The van der Waals surface area contributed by atoms with Crippen LogP contribution in [0.1, 0.15) is 29.0 Å². The number of halogens is 1. The first-order valence-corrected chi connectivity index (χ1v) is 6.79. The quantitative estimate of drug-likeness (QED) is 0.891. The van der Waals surface area contributed by atoms with E-state index in [0.29, 0.717) is 22.2 Å². The Labute approximate surface area is 128 Å². The summed E-state index contributed by atoms with van der Waals surface area (Å²) in [6.45, 7) is 1.87. The maximum Gasteiger partial charge on any atom is 0.268 e. The lowest BCUT2D eigenvalue weighted by atomic mass is 10.1. The lowest BCUT2D eigenvalue weighted by molar-refractivity contribution is 0.0935. The van der Waals surface area contributed by atoms with Crippen LogP contribution in [-0.2, 0) is 0 Å². The highest BCUT2D eigenvalue weighted by Gasteiger charge is 2.17. The number of amides is 1. The van der Waals surface area contributed by atoms with E-state index in [1.54, 1.807) is 26.5 Å². The van der Waals surface area contributed by atoms with Crippen LogP contribution in [0.5, 0.6) is 11.5 Å². The first-order chi connectivity index (χ1) is 10.0. The average Bonchev–Trinajstić information content (AvgIpc) is 2.93. The minimum absolute atomic E-state index is 0.237. The SMILES string of the molecule is COc1ccc(OC)c(C(C)NC(=O)c2cc(Cl)c[nH]2)c1. The lowest BCUT2D eigenvalue weighted by Gasteiger charge is -2.18. The third-order valence-electron chi connectivity index (χ3n) is 3.14. The van der Waals surface area contributed by atoms with Gasteiger partial charge in [0.05, 0.1) is 25.3 Å². The number of aromatic amines is 1. The summed E-state index contributed by atoms with van der Waals surface area (Å²) in [7, 11) is 3.18. The van der Waals surface area contributed by atoms with E-state index in [9.17, 15) is 4.79 Å². The highest BCUT2D eigenvalue weighted by Crippen LogP contribution is 2.29. The lowest BCUT2D eigenvalue weighted by Crippen LogP contribution is -2.27. The molecule has 1 amide bonds. The van der Waals surface area contributed by atoms with Crippen molar-refractivity contribution in [3.8, 4) is 11.5 Å². The predicted molar refractivity (Wildman–Crippen MR) is 81.2 cm³/mol. The van der Waals surface area contributed by atoms with Crippen LogP contribution in [0, 0.1) is 0 Å². The van der Waals surface area contributed by atoms with Gasteiger partial charge >= 0.3 is 0 Å². The van der Waals surface area contributed by atoms with Crippen molar-refractivity contribution in [2.75, 3.05) is 14.2 Å². The number of benzene rings is 1. The Morgan fingerprint density at radius 1 is 1.29 bits per heavy atom. The van der Waals surface area contributed by atoms with E-state index < -0.39 is 0 Å². The molecule has 1 aromatic heterocycles. The molecule has 0 fully saturated rings. The number of H-pyrrole nitrogens is 1. The molecular weight excluding hydrogens is 292 g/mol. The Kier molecular flexibility index (Phi) is 4.75. The molecule has 0 bridgehead atoms. The third kappa shape index (κ3) is 3.49. The number of nitrogens with one attached hydrogen (secondary N) is 2. The van der Waals surface area contributed by atoms with Crippen LogP contribution in [-0.4, -0.2) is 25.1 Å². The van der Waals surface area contributed by atoms with Gasteiger partial charge in [0.25, 0.3) is 5.91 Å². The minimum atomic E-state index is -0.246. The van der Waals surface area contributed by atoms with E-state index >= 15 is 0 Å². The first kappa shape index (κ1) is 15.3. The highest BCUT2D eigenvalue weighted by atomic mass is 35.5. The molecule has 2 rings (SSSR count). The maximum atomic E-state index is 12.1. The van der Waals surface area contributed by atoms with Crippen LogP contribution < -0.4 is 14.8 Å². The van der Waals surface area contributed by atoms with Crippen LogP contribution in [0.2, 0.25) is 5.02 Å². The molecule has 1 aromatic carbocycles. The summed E-state index contributed by atoms with van der Waals surface area (Å²) < 4.78 is 10.5. The number of methoxy groups -OCH3 is 2. The number of carbonyl (C=O) groups is 1. The van der Waals surface area contributed by atoms with E-state index in [-0.39, 0.29) is 11.9 Å². The molecule has 0 radical (unpaired) electrons. The number of hydrogen-bond acceptors (Lipinski definition) is 3. The number of ether oxygens (including phenoxy) is 2. The summed E-state index contributed by atoms with van der Waals surface area (Å²) in [5.41, 5.74) is 1.25. The van der Waals surface area contributed by atoms with Gasteiger partial charge in [-0.05, 0) is 31.2 Å². The van der Waals surface area contributed by atoms with Gasteiger partial charge in [-0.25, -0.2) is 0 Å². The van der Waals surface area contributed by atoms with Gasteiger partial charge in [-0.2, -0.15) is 0 Å². The zero-order valence-electron chi connectivity index (χ0n) is 12.1. The summed E-state index contributed by atoms with van der Waals surface area (Å²) >= 11 is 5.80. The molecule has 0 spiro atoms. The molecule has 0 aliphatic carbocycles. The maximum absolute atomic E-state index is 12.1. The van der Waals surface area contributed by atoms with Crippen molar-refractivity contribution < 1.29 is 14.3 Å². The number of hydrogen-bond donors (Lipinski definition) is 2. The Morgan fingerprint density at radius 2 is 2.05 bits per heavy atom. The standard InChI is InChI=1S/C15H17ClN2O3/c1-9(18-15(19)13-6-10(16)8-17-13)12-7-11(20-2)4-5-14(12)21-3/h4-9,17H,1-3H3,(H,18,19). The Balaban J connectivity index is 2.19. The molecule has 2 aromatic rings. The van der Waals surface area contributed by atoms with Gasteiger partial charge in [0, 0.05) is 11.8 Å². The fraction of sp³-hybridized carbons (Fsp3) is 0.267. The fourth-order valence-corrected chi connectivity index (χ4v) is 2.19. The third-order valence-corrected chi connectivity index (χ3v) is 3.36. The second-order valence-corrected chi connectivity index (χ2v) is 4.97. The molecule has 0 aliphatic heterocycles. The Hall–Kier alpha value is -2.14. The van der Waals surface area contributed by atoms with E-state index in [0.717, 1.165) is 5.56 Å². The van der Waals surface area contributed by atoms with Crippen molar-refractivity contribution in [2.45, 2.75) is 13.0 Å². The van der Waals surface area contributed by atoms with Gasteiger partial charge in [0.1, 0.15) is 17.2 Å². The normalized spacial score (nSPS) is 11.8. The van der Waals surface area contributed by atoms with E-state index in [2.05, 4.69) is 10.3 Å². The highest BCUT2D eigenvalue weighted by molar-refractivity contribution is 6.30. The summed E-state index contributed by atoms with van der Waals surface area (Å²) in [5.74, 6) is 1.15. The van der Waals surface area contributed by atoms with E-state index in [4.69, 9.17) is 21.1 Å². The van der Waals surface area contributed by atoms with Gasteiger partial charge in [0.15, 0.2) is 0 Å². The van der Waals surface area contributed by atoms with Crippen molar-refractivity contribution in [1.82, 2.24) is 10.3 Å². The van der Waals surface area contributed by atoms with Crippen molar-refractivity contribution >= 4 is 17.5 Å². The summed E-state index contributed by atoms with van der Waals surface area (Å²) in [4.78, 5) is 14.9. The fourth-order valence-electron chi connectivity index (χ4n) is 2.03. The first-order valence-electron chi connectivity index (χ1n) is 6.42. The van der Waals surface area contributed by atoms with Crippen molar-refractivity contribution in [1.29, 1.82) is 0 Å². The molecule has 2 N–H and O–H groups in total. The van der Waals surface area contributed by atoms with Crippen LogP contribution in [0.25, 0.3) is 0 Å². The second kappa shape index (κ2) is 6.54. The predicted octanol–water partition coefficient (Wildman–Crippen LogP) is 3.18. The van der Waals surface area contributed by atoms with Crippen LogP contribution >= 0.6 is 11.6 Å². The molecule has 6 heteroatoms. The molecule has 0 saturated carbocycles. The topological polar surface area (TPSA) is 63.4 Å². The number of rotatable bonds is 5. The Morgan fingerprint density at radius 3 is 2.62 bits per heavy atom. The van der Waals surface area contributed by atoms with Crippen LogP contribution in [0.15, 0.2) is 30.5 Å². The molecule has 1 unspecified atom stereocenters. The van der Waals surface area contributed by atoms with Gasteiger partial charge in [-0.15, -0.1) is 0 Å². The molecule has 21 heavy (non-hydrogen) atoms.